The summed E-state index contributed by atoms with van der Waals surface area (Å²) in [5.41, 5.74) is 1.07. The zero-order valence-electron chi connectivity index (χ0n) is 10.6. The van der Waals surface area contributed by atoms with Crippen molar-refractivity contribution in [1.29, 1.82) is 0 Å². The molecule has 17 heavy (non-hydrogen) atoms. The van der Waals surface area contributed by atoms with Gasteiger partial charge in [0.15, 0.2) is 0 Å². The highest BCUT2D eigenvalue weighted by Gasteiger charge is 2.38. The molecule has 0 aliphatic heterocycles. The summed E-state index contributed by atoms with van der Waals surface area (Å²) in [5, 5.41) is 12.7. The Morgan fingerprint density at radius 3 is 2.94 bits per heavy atom. The lowest BCUT2D eigenvalue weighted by Gasteiger charge is -2.26. The van der Waals surface area contributed by atoms with E-state index in [4.69, 9.17) is 4.74 Å². The number of aliphatic hydroxyl groups is 1. The molecule has 2 rings (SSSR count). The minimum atomic E-state index is -0.144. The molecule has 1 aliphatic rings. The molecule has 2 unspecified atom stereocenters. The predicted octanol–water partition coefficient (Wildman–Crippen LogP) is 1.88. The third kappa shape index (κ3) is 2.79. The molecule has 94 valence electrons. The second kappa shape index (κ2) is 5.07. The van der Waals surface area contributed by atoms with E-state index in [1.807, 2.05) is 19.2 Å². The highest BCUT2D eigenvalue weighted by molar-refractivity contribution is 5.27. The molecular formula is C14H21NO2. The second-order valence-electron chi connectivity index (χ2n) is 4.99. The molecule has 0 aromatic heterocycles. The van der Waals surface area contributed by atoms with Crippen LogP contribution in [0.3, 0.4) is 0 Å². The van der Waals surface area contributed by atoms with Crippen LogP contribution in [-0.4, -0.2) is 30.4 Å². The van der Waals surface area contributed by atoms with Crippen molar-refractivity contribution in [2.75, 3.05) is 13.7 Å². The summed E-state index contributed by atoms with van der Waals surface area (Å²) < 4.78 is 5.96. The van der Waals surface area contributed by atoms with Gasteiger partial charge in [-0.15, -0.1) is 0 Å². The van der Waals surface area contributed by atoms with E-state index in [0.29, 0.717) is 0 Å². The van der Waals surface area contributed by atoms with E-state index in [2.05, 4.69) is 24.4 Å². The van der Waals surface area contributed by atoms with Crippen LogP contribution < -0.4 is 10.1 Å². The fourth-order valence-corrected chi connectivity index (χ4v) is 2.51. The number of hydrogen-bond acceptors (Lipinski definition) is 3. The van der Waals surface area contributed by atoms with Crippen molar-refractivity contribution in [2.45, 2.75) is 37.8 Å². The summed E-state index contributed by atoms with van der Waals surface area (Å²) in [6, 6.07) is 8.12. The molecule has 0 amide bonds. The zero-order valence-corrected chi connectivity index (χ0v) is 10.6. The first-order valence-electron chi connectivity index (χ1n) is 6.20. The number of aliphatic hydroxyl groups excluding tert-OH is 1. The number of hydrogen-bond donors (Lipinski definition) is 2. The van der Waals surface area contributed by atoms with E-state index in [1.54, 1.807) is 0 Å². The van der Waals surface area contributed by atoms with Gasteiger partial charge in [-0.1, -0.05) is 12.1 Å². The van der Waals surface area contributed by atoms with Crippen molar-refractivity contribution in [3.63, 3.8) is 0 Å². The predicted molar refractivity (Wildman–Crippen MR) is 68.3 cm³/mol. The summed E-state index contributed by atoms with van der Waals surface area (Å²) in [4.78, 5) is 0. The summed E-state index contributed by atoms with van der Waals surface area (Å²) in [6.45, 7) is 2.24. The molecule has 3 heteroatoms. The number of nitrogens with one attached hydrogen (secondary N) is 1. The van der Waals surface area contributed by atoms with Crippen LogP contribution in [0, 0.1) is 6.92 Å². The van der Waals surface area contributed by atoms with Crippen molar-refractivity contribution >= 4 is 0 Å². The molecule has 1 aliphatic carbocycles. The standard InChI is InChI=1S/C14H21NO2/c1-11-4-3-5-12(8-11)17-13-6-7-14(9-13,10-16)15-2/h3-5,8,13,15-16H,6-7,9-10H2,1-2H3. The van der Waals surface area contributed by atoms with Gasteiger partial charge in [0, 0.05) is 12.0 Å². The molecule has 2 N–H and O–H groups in total. The number of benzene rings is 1. The zero-order chi connectivity index (χ0) is 12.3. The fourth-order valence-electron chi connectivity index (χ4n) is 2.51. The largest absolute Gasteiger partial charge is 0.490 e. The maximum Gasteiger partial charge on any atom is 0.119 e. The lowest BCUT2D eigenvalue weighted by Crippen LogP contribution is -2.44. The Bertz CT molecular complexity index is 374. The van der Waals surface area contributed by atoms with Gasteiger partial charge in [0.2, 0.25) is 0 Å². The van der Waals surface area contributed by atoms with Crippen LogP contribution in [0.5, 0.6) is 5.75 Å². The van der Waals surface area contributed by atoms with Crippen LogP contribution in [0.1, 0.15) is 24.8 Å². The average Bonchev–Trinajstić information content (AvgIpc) is 2.73. The summed E-state index contributed by atoms with van der Waals surface area (Å²) in [7, 11) is 1.91. The topological polar surface area (TPSA) is 41.5 Å². The highest BCUT2D eigenvalue weighted by Crippen LogP contribution is 2.32. The maximum atomic E-state index is 9.43. The van der Waals surface area contributed by atoms with Crippen molar-refractivity contribution in [2.24, 2.45) is 0 Å². The molecule has 1 aromatic carbocycles. The Morgan fingerprint density at radius 1 is 1.53 bits per heavy atom. The van der Waals surface area contributed by atoms with E-state index in [0.717, 1.165) is 25.0 Å². The lowest BCUT2D eigenvalue weighted by molar-refractivity contribution is 0.146. The van der Waals surface area contributed by atoms with Crippen LogP contribution in [0.15, 0.2) is 24.3 Å². The third-order valence-electron chi connectivity index (χ3n) is 3.69. The Balaban J connectivity index is 1.98. The quantitative estimate of drug-likeness (QED) is 0.837. The molecular weight excluding hydrogens is 214 g/mol. The minimum absolute atomic E-state index is 0.144. The highest BCUT2D eigenvalue weighted by atomic mass is 16.5. The Morgan fingerprint density at radius 2 is 2.35 bits per heavy atom. The number of ether oxygens (including phenoxy) is 1. The second-order valence-corrected chi connectivity index (χ2v) is 4.99. The fraction of sp³-hybridized carbons (Fsp3) is 0.571. The maximum absolute atomic E-state index is 9.43. The lowest BCUT2D eigenvalue weighted by atomic mass is 9.99. The van der Waals surface area contributed by atoms with Gasteiger partial charge >= 0.3 is 0 Å². The van der Waals surface area contributed by atoms with Gasteiger partial charge in [0.05, 0.1) is 6.61 Å². The summed E-state index contributed by atoms with van der Waals surface area (Å²) in [6.07, 6.45) is 3.04. The molecule has 0 spiro atoms. The molecule has 0 saturated heterocycles. The number of rotatable bonds is 4. The normalized spacial score (nSPS) is 28.3. The molecule has 1 saturated carbocycles. The SMILES string of the molecule is CNC1(CO)CCC(Oc2cccc(C)c2)C1. The smallest absolute Gasteiger partial charge is 0.119 e. The third-order valence-corrected chi connectivity index (χ3v) is 3.69. The van der Waals surface area contributed by atoms with Crippen molar-refractivity contribution < 1.29 is 9.84 Å². The molecule has 0 radical (unpaired) electrons. The van der Waals surface area contributed by atoms with Gasteiger partial charge in [-0.05, 0) is 44.5 Å². The number of aryl methyl sites for hydroxylation is 1. The van der Waals surface area contributed by atoms with Crippen LogP contribution in [0.4, 0.5) is 0 Å². The Labute approximate surface area is 103 Å². The van der Waals surface area contributed by atoms with E-state index < -0.39 is 0 Å². The van der Waals surface area contributed by atoms with Gasteiger partial charge < -0.3 is 15.2 Å². The van der Waals surface area contributed by atoms with E-state index in [-0.39, 0.29) is 18.2 Å². The van der Waals surface area contributed by atoms with Gasteiger partial charge in [0.25, 0.3) is 0 Å². The van der Waals surface area contributed by atoms with E-state index >= 15 is 0 Å². The molecule has 2 atom stereocenters. The van der Waals surface area contributed by atoms with Crippen LogP contribution in [0.25, 0.3) is 0 Å². The van der Waals surface area contributed by atoms with E-state index in [9.17, 15) is 5.11 Å². The molecule has 0 bridgehead atoms. The van der Waals surface area contributed by atoms with Gasteiger partial charge in [-0.2, -0.15) is 0 Å². The van der Waals surface area contributed by atoms with Crippen LogP contribution in [0.2, 0.25) is 0 Å². The average molecular weight is 235 g/mol. The van der Waals surface area contributed by atoms with Crippen molar-refractivity contribution in [3.05, 3.63) is 29.8 Å². The minimum Gasteiger partial charge on any atom is -0.490 e. The first-order chi connectivity index (χ1) is 8.17. The van der Waals surface area contributed by atoms with Gasteiger partial charge in [-0.25, -0.2) is 0 Å². The molecule has 3 nitrogen and oxygen atoms in total. The first kappa shape index (κ1) is 12.4. The monoisotopic (exact) mass is 235 g/mol. The van der Waals surface area contributed by atoms with E-state index in [1.165, 1.54) is 5.56 Å². The van der Waals surface area contributed by atoms with Crippen LogP contribution >= 0.6 is 0 Å². The first-order valence-corrected chi connectivity index (χ1v) is 6.20. The Kier molecular flexibility index (Phi) is 3.69. The van der Waals surface area contributed by atoms with Crippen molar-refractivity contribution in [1.82, 2.24) is 5.32 Å². The summed E-state index contributed by atoms with van der Waals surface area (Å²) >= 11 is 0. The summed E-state index contributed by atoms with van der Waals surface area (Å²) in [5.74, 6) is 0.930. The van der Waals surface area contributed by atoms with Gasteiger partial charge in [0.1, 0.15) is 11.9 Å². The molecule has 1 fully saturated rings. The molecule has 0 heterocycles. The Hall–Kier alpha value is -1.06. The van der Waals surface area contributed by atoms with Crippen molar-refractivity contribution in [3.8, 4) is 5.75 Å². The van der Waals surface area contributed by atoms with Gasteiger partial charge in [-0.3, -0.25) is 0 Å². The van der Waals surface area contributed by atoms with Crippen LogP contribution in [-0.2, 0) is 0 Å². The molecule has 1 aromatic rings. The number of likely N-dealkylation sites (N-methyl/N-ethyl adjacent to an activating group) is 1.